The molecule has 0 amide bonds. The highest BCUT2D eigenvalue weighted by Crippen LogP contribution is 2.60. The van der Waals surface area contributed by atoms with Gasteiger partial charge in [-0.05, 0) is 73.3 Å². The summed E-state index contributed by atoms with van der Waals surface area (Å²) in [7, 11) is -2.50. The number of rotatable bonds is 11. The molecule has 0 aliphatic rings. The van der Waals surface area contributed by atoms with Crippen molar-refractivity contribution in [2.24, 2.45) is 0 Å². The summed E-state index contributed by atoms with van der Waals surface area (Å²) in [4.78, 5) is -0.0527. The number of methoxy groups -OCH3 is 1. The lowest BCUT2D eigenvalue weighted by atomic mass is 10.3. The molecule has 1 unspecified atom stereocenters. The molecule has 0 saturated heterocycles. The van der Waals surface area contributed by atoms with Gasteiger partial charge in [-0.3, -0.25) is 4.52 Å². The van der Waals surface area contributed by atoms with Crippen molar-refractivity contribution in [2.45, 2.75) is 25.2 Å². The standard InChI is InChI=1S/C18H23O7PS2/c1-4-14-27-26(19,23-5-2)24-16-10-12-18(13-11-16)28(20,21)25-17-8-6-15(22-3)7-9-17/h6-13H,4-5,14H2,1-3H3. The van der Waals surface area contributed by atoms with E-state index in [4.69, 9.17) is 18.0 Å². The first-order valence-corrected chi connectivity index (χ1v) is 13.1. The minimum atomic E-state index is -4.02. The maximum Gasteiger partial charge on any atom is 0.440 e. The first-order chi connectivity index (χ1) is 13.3. The summed E-state index contributed by atoms with van der Waals surface area (Å²) < 4.78 is 58.4. The first kappa shape index (κ1) is 22.6. The molecule has 0 radical (unpaired) electrons. The average molecular weight is 446 g/mol. The third-order valence-electron chi connectivity index (χ3n) is 3.34. The molecule has 28 heavy (non-hydrogen) atoms. The molecule has 0 saturated carbocycles. The fourth-order valence-corrected chi connectivity index (χ4v) is 6.44. The molecule has 2 rings (SSSR count). The Kier molecular flexibility index (Phi) is 8.24. The molecular weight excluding hydrogens is 423 g/mol. The van der Waals surface area contributed by atoms with E-state index in [-0.39, 0.29) is 23.0 Å². The quantitative estimate of drug-likeness (QED) is 0.347. The summed E-state index contributed by atoms with van der Waals surface area (Å²) in [5, 5.41) is 0. The van der Waals surface area contributed by atoms with Gasteiger partial charge in [0.25, 0.3) is 0 Å². The molecule has 0 heterocycles. The molecule has 0 aliphatic heterocycles. The van der Waals surface area contributed by atoms with E-state index in [1.54, 1.807) is 19.1 Å². The zero-order valence-electron chi connectivity index (χ0n) is 15.9. The van der Waals surface area contributed by atoms with E-state index < -0.39 is 16.9 Å². The third kappa shape index (κ3) is 6.44. The highest BCUT2D eigenvalue weighted by Gasteiger charge is 2.27. The second-order valence-electron chi connectivity index (χ2n) is 5.47. The number of hydrogen-bond acceptors (Lipinski definition) is 8. The molecule has 0 bridgehead atoms. The Labute approximate surface area is 169 Å². The van der Waals surface area contributed by atoms with Crippen LogP contribution < -0.4 is 13.4 Å². The lowest BCUT2D eigenvalue weighted by Gasteiger charge is -2.17. The number of hydrogen-bond donors (Lipinski definition) is 0. The second-order valence-corrected chi connectivity index (χ2v) is 11.1. The van der Waals surface area contributed by atoms with E-state index in [2.05, 4.69) is 0 Å². The molecule has 2 aromatic carbocycles. The van der Waals surface area contributed by atoms with Crippen LogP contribution >= 0.6 is 18.2 Å². The lowest BCUT2D eigenvalue weighted by molar-refractivity contribution is 0.296. The monoisotopic (exact) mass is 446 g/mol. The van der Waals surface area contributed by atoms with Crippen molar-refractivity contribution in [3.8, 4) is 17.2 Å². The van der Waals surface area contributed by atoms with Gasteiger partial charge in [0.15, 0.2) is 0 Å². The highest BCUT2D eigenvalue weighted by atomic mass is 32.7. The topological polar surface area (TPSA) is 88.1 Å². The van der Waals surface area contributed by atoms with Gasteiger partial charge in [0.05, 0.1) is 13.7 Å². The van der Waals surface area contributed by atoms with Crippen molar-refractivity contribution in [2.75, 3.05) is 19.5 Å². The molecule has 0 N–H and O–H groups in total. The van der Waals surface area contributed by atoms with Crippen molar-refractivity contribution >= 4 is 28.3 Å². The Morgan fingerprint density at radius 3 is 2.04 bits per heavy atom. The summed E-state index contributed by atoms with van der Waals surface area (Å²) in [6.07, 6.45) is 0.824. The largest absolute Gasteiger partial charge is 0.497 e. The predicted octanol–water partition coefficient (Wildman–Crippen LogP) is 5.13. The Morgan fingerprint density at radius 1 is 0.929 bits per heavy atom. The van der Waals surface area contributed by atoms with Crippen LogP contribution in [0.4, 0.5) is 0 Å². The number of ether oxygens (including phenoxy) is 1. The summed E-state index contributed by atoms with van der Waals surface area (Å²) >= 11 is 1.12. The summed E-state index contributed by atoms with van der Waals surface area (Å²) in [6, 6.07) is 11.7. The van der Waals surface area contributed by atoms with Crippen molar-refractivity contribution in [1.29, 1.82) is 0 Å². The highest BCUT2D eigenvalue weighted by molar-refractivity contribution is 8.55. The van der Waals surface area contributed by atoms with E-state index >= 15 is 0 Å². The van der Waals surface area contributed by atoms with E-state index in [1.165, 1.54) is 43.5 Å². The summed E-state index contributed by atoms with van der Waals surface area (Å²) in [6.45, 7) is 0.589. The van der Waals surface area contributed by atoms with Gasteiger partial charge in [-0.25, -0.2) is 4.57 Å². The van der Waals surface area contributed by atoms with Crippen LogP contribution in [-0.4, -0.2) is 27.9 Å². The van der Waals surface area contributed by atoms with E-state index in [1.807, 2.05) is 6.92 Å². The van der Waals surface area contributed by atoms with Crippen LogP contribution in [0.15, 0.2) is 53.4 Å². The van der Waals surface area contributed by atoms with Gasteiger partial charge in [-0.15, -0.1) is 0 Å². The van der Waals surface area contributed by atoms with Gasteiger partial charge in [0.2, 0.25) is 0 Å². The van der Waals surface area contributed by atoms with Crippen LogP contribution in [0.1, 0.15) is 20.3 Å². The fraction of sp³-hybridized carbons (Fsp3) is 0.333. The molecule has 1 atom stereocenters. The van der Waals surface area contributed by atoms with Crippen LogP contribution in [0, 0.1) is 0 Å². The zero-order chi connectivity index (χ0) is 20.6. The van der Waals surface area contributed by atoms with Gasteiger partial charge in [-0.2, -0.15) is 8.42 Å². The second kappa shape index (κ2) is 10.2. The minimum absolute atomic E-state index is 0.0527. The van der Waals surface area contributed by atoms with Crippen molar-refractivity contribution in [1.82, 2.24) is 0 Å². The van der Waals surface area contributed by atoms with Gasteiger partial charge >= 0.3 is 16.9 Å². The smallest absolute Gasteiger partial charge is 0.440 e. The Hall–Kier alpha value is -1.67. The van der Waals surface area contributed by atoms with Crippen LogP contribution in [0.25, 0.3) is 0 Å². The summed E-state index contributed by atoms with van der Waals surface area (Å²) in [5.74, 6) is 1.63. The fourth-order valence-electron chi connectivity index (χ4n) is 2.05. The molecule has 2 aromatic rings. The maximum absolute atomic E-state index is 12.7. The zero-order valence-corrected chi connectivity index (χ0v) is 18.4. The predicted molar refractivity (Wildman–Crippen MR) is 110 cm³/mol. The molecule has 0 aliphatic carbocycles. The minimum Gasteiger partial charge on any atom is -0.497 e. The van der Waals surface area contributed by atoms with Crippen molar-refractivity contribution in [3.05, 3.63) is 48.5 Å². The molecule has 0 fully saturated rings. The molecular formula is C18H23O7PS2. The molecule has 7 nitrogen and oxygen atoms in total. The van der Waals surface area contributed by atoms with E-state index in [0.717, 1.165) is 17.8 Å². The molecule has 0 spiro atoms. The third-order valence-corrected chi connectivity index (χ3v) is 8.55. The van der Waals surface area contributed by atoms with Crippen molar-refractivity contribution < 1.29 is 31.0 Å². The van der Waals surface area contributed by atoms with Gasteiger partial charge in [0, 0.05) is 5.75 Å². The normalized spacial score (nSPS) is 13.5. The van der Waals surface area contributed by atoms with Gasteiger partial charge in [-0.1, -0.05) is 6.92 Å². The van der Waals surface area contributed by atoms with Crippen LogP contribution in [0.2, 0.25) is 0 Å². The van der Waals surface area contributed by atoms with Crippen LogP contribution in [0.3, 0.4) is 0 Å². The van der Waals surface area contributed by atoms with Crippen LogP contribution in [0.5, 0.6) is 17.2 Å². The Morgan fingerprint density at radius 2 is 1.50 bits per heavy atom. The van der Waals surface area contributed by atoms with Crippen LogP contribution in [-0.2, 0) is 19.2 Å². The molecule has 154 valence electrons. The SMILES string of the molecule is CCCSP(=O)(OCC)Oc1ccc(S(=O)(=O)Oc2ccc(OC)cc2)cc1. The van der Waals surface area contributed by atoms with Crippen molar-refractivity contribution in [3.63, 3.8) is 0 Å². The molecule has 10 heteroatoms. The first-order valence-electron chi connectivity index (χ1n) is 8.59. The Balaban J connectivity index is 2.12. The van der Waals surface area contributed by atoms with E-state index in [0.29, 0.717) is 11.5 Å². The molecule has 0 aromatic heterocycles. The van der Waals surface area contributed by atoms with Gasteiger partial charge < -0.3 is 13.4 Å². The summed E-state index contributed by atoms with van der Waals surface area (Å²) in [5.41, 5.74) is 0. The number of benzene rings is 2. The van der Waals surface area contributed by atoms with E-state index in [9.17, 15) is 13.0 Å². The lowest BCUT2D eigenvalue weighted by Crippen LogP contribution is -2.09. The average Bonchev–Trinajstić information content (AvgIpc) is 2.67. The Bertz CT molecular complexity index is 897. The maximum atomic E-state index is 12.7. The van der Waals surface area contributed by atoms with Gasteiger partial charge in [0.1, 0.15) is 22.1 Å².